The van der Waals surface area contributed by atoms with Gasteiger partial charge in [0, 0.05) is 36.5 Å². The molecule has 0 saturated carbocycles. The lowest BCUT2D eigenvalue weighted by molar-refractivity contribution is -0.117. The first-order valence-electron chi connectivity index (χ1n) is 10.2. The van der Waals surface area contributed by atoms with E-state index in [9.17, 15) is 4.79 Å². The highest BCUT2D eigenvalue weighted by Gasteiger charge is 2.29. The number of ether oxygens (including phenoxy) is 1. The summed E-state index contributed by atoms with van der Waals surface area (Å²) in [5, 5.41) is 3.25. The first-order chi connectivity index (χ1) is 14.5. The minimum absolute atomic E-state index is 0.106. The number of carbonyl (C=O) groups is 1. The Morgan fingerprint density at radius 2 is 2.13 bits per heavy atom. The Morgan fingerprint density at radius 1 is 1.27 bits per heavy atom. The molecule has 1 aromatic carbocycles. The minimum atomic E-state index is 0.106. The molecule has 0 radical (unpaired) electrons. The number of rotatable bonds is 7. The van der Waals surface area contributed by atoms with Crippen molar-refractivity contribution in [2.24, 2.45) is 0 Å². The van der Waals surface area contributed by atoms with Crippen LogP contribution in [0.4, 0.5) is 17.5 Å². The number of aryl methyl sites for hydroxylation is 1. The van der Waals surface area contributed by atoms with E-state index in [1.54, 1.807) is 17.3 Å². The summed E-state index contributed by atoms with van der Waals surface area (Å²) in [5.74, 6) is 1.37. The predicted molar refractivity (Wildman–Crippen MR) is 116 cm³/mol. The molecule has 156 valence electrons. The van der Waals surface area contributed by atoms with Crippen LogP contribution in [0.25, 0.3) is 11.3 Å². The normalized spacial score (nSPS) is 16.3. The van der Waals surface area contributed by atoms with Crippen LogP contribution in [0.5, 0.6) is 0 Å². The molecule has 3 heterocycles. The van der Waals surface area contributed by atoms with E-state index >= 15 is 0 Å². The first-order valence-corrected chi connectivity index (χ1v) is 10.2. The van der Waals surface area contributed by atoms with Gasteiger partial charge in [-0.2, -0.15) is 0 Å². The van der Waals surface area contributed by atoms with Gasteiger partial charge < -0.3 is 14.5 Å². The summed E-state index contributed by atoms with van der Waals surface area (Å²) >= 11 is 0. The Morgan fingerprint density at radius 3 is 2.90 bits per heavy atom. The summed E-state index contributed by atoms with van der Waals surface area (Å²) in [5.41, 5.74) is 3.92. The van der Waals surface area contributed by atoms with Gasteiger partial charge >= 0.3 is 0 Å². The van der Waals surface area contributed by atoms with Crippen LogP contribution in [0.2, 0.25) is 0 Å². The molecule has 0 spiro atoms. The number of anilines is 3. The fourth-order valence-corrected chi connectivity index (χ4v) is 3.58. The topological polar surface area (TPSA) is 80.5 Å². The molecule has 1 N–H and O–H groups in total. The van der Waals surface area contributed by atoms with Crippen LogP contribution in [-0.4, -0.2) is 28.5 Å². The number of pyridine rings is 1. The summed E-state index contributed by atoms with van der Waals surface area (Å²) in [4.78, 5) is 22.7. The molecule has 0 bridgehead atoms. The van der Waals surface area contributed by atoms with Crippen LogP contribution in [0.3, 0.4) is 0 Å². The van der Waals surface area contributed by atoms with Crippen molar-refractivity contribution in [2.45, 2.75) is 46.3 Å². The maximum Gasteiger partial charge on any atom is 0.299 e. The number of oxazole rings is 1. The molecule has 1 amide bonds. The summed E-state index contributed by atoms with van der Waals surface area (Å²) in [6.07, 6.45) is 4.78. The maximum absolute atomic E-state index is 12.2. The molecule has 30 heavy (non-hydrogen) atoms. The average Bonchev–Trinajstić information content (AvgIpc) is 3.35. The van der Waals surface area contributed by atoms with Gasteiger partial charge in [0.05, 0.1) is 12.8 Å². The molecule has 1 aliphatic rings. The molecule has 2 aromatic heterocycles. The number of benzene rings is 1. The van der Waals surface area contributed by atoms with E-state index in [1.165, 1.54) is 0 Å². The zero-order valence-electron chi connectivity index (χ0n) is 17.5. The molecular formula is C23H26N4O3. The monoisotopic (exact) mass is 406 g/mol. The summed E-state index contributed by atoms with van der Waals surface area (Å²) in [6, 6.07) is 10.4. The molecule has 3 aromatic rings. The Balaban J connectivity index is 1.54. The fraction of sp³-hybridized carbons (Fsp3) is 0.348. The van der Waals surface area contributed by atoms with Gasteiger partial charge in [0.2, 0.25) is 5.91 Å². The van der Waals surface area contributed by atoms with Crippen LogP contribution >= 0.6 is 0 Å². The van der Waals surface area contributed by atoms with Crippen molar-refractivity contribution in [3.63, 3.8) is 0 Å². The van der Waals surface area contributed by atoms with Gasteiger partial charge in [0.15, 0.2) is 5.76 Å². The third-order valence-electron chi connectivity index (χ3n) is 5.28. The van der Waals surface area contributed by atoms with Gasteiger partial charge in [-0.1, -0.05) is 12.1 Å². The molecule has 1 unspecified atom stereocenters. The fourth-order valence-electron chi connectivity index (χ4n) is 3.58. The third-order valence-corrected chi connectivity index (χ3v) is 5.28. The van der Waals surface area contributed by atoms with E-state index < -0.39 is 0 Å². The second-order valence-electron chi connectivity index (χ2n) is 7.50. The maximum atomic E-state index is 12.2. The highest BCUT2D eigenvalue weighted by Crippen LogP contribution is 2.30. The molecular weight excluding hydrogens is 380 g/mol. The van der Waals surface area contributed by atoms with E-state index in [4.69, 9.17) is 9.15 Å². The zero-order chi connectivity index (χ0) is 21.1. The number of aromatic nitrogens is 2. The van der Waals surface area contributed by atoms with Gasteiger partial charge in [-0.25, -0.2) is 9.97 Å². The van der Waals surface area contributed by atoms with Crippen LogP contribution in [0.1, 0.15) is 37.8 Å². The molecule has 1 aliphatic heterocycles. The van der Waals surface area contributed by atoms with E-state index in [0.29, 0.717) is 37.2 Å². The minimum Gasteiger partial charge on any atom is -0.423 e. The number of hydrogen-bond donors (Lipinski definition) is 1. The van der Waals surface area contributed by atoms with Crippen LogP contribution in [0.15, 0.2) is 47.1 Å². The molecule has 7 heteroatoms. The largest absolute Gasteiger partial charge is 0.423 e. The third kappa shape index (κ3) is 4.21. The lowest BCUT2D eigenvalue weighted by Crippen LogP contribution is -2.31. The van der Waals surface area contributed by atoms with Crippen LogP contribution in [0, 0.1) is 6.92 Å². The number of amides is 1. The Labute approximate surface area is 176 Å². The SMILES string of the molecule is CCOCc1ccc(C)c(Nc2ncc(-c3ccnc(N4C(=O)CCC4C)c3)o2)c1. The zero-order valence-corrected chi connectivity index (χ0v) is 17.5. The van der Waals surface area contributed by atoms with Gasteiger partial charge in [0.25, 0.3) is 6.01 Å². The van der Waals surface area contributed by atoms with Crippen molar-refractivity contribution < 1.29 is 13.9 Å². The summed E-state index contributed by atoms with van der Waals surface area (Å²) in [6.45, 7) is 7.29. The smallest absolute Gasteiger partial charge is 0.299 e. The lowest BCUT2D eigenvalue weighted by Gasteiger charge is -2.20. The highest BCUT2D eigenvalue weighted by molar-refractivity contribution is 5.95. The molecule has 4 rings (SSSR count). The van der Waals surface area contributed by atoms with Crippen molar-refractivity contribution in [1.29, 1.82) is 0 Å². The van der Waals surface area contributed by atoms with Gasteiger partial charge in [0.1, 0.15) is 5.82 Å². The Hall–Kier alpha value is -3.19. The Kier molecular flexibility index (Phi) is 5.81. The van der Waals surface area contributed by atoms with E-state index in [-0.39, 0.29) is 11.9 Å². The number of hydrogen-bond acceptors (Lipinski definition) is 6. The predicted octanol–water partition coefficient (Wildman–Crippen LogP) is 4.84. The molecule has 7 nitrogen and oxygen atoms in total. The molecule has 0 aliphatic carbocycles. The van der Waals surface area contributed by atoms with E-state index in [2.05, 4.69) is 21.4 Å². The van der Waals surface area contributed by atoms with Crippen molar-refractivity contribution in [2.75, 3.05) is 16.8 Å². The lowest BCUT2D eigenvalue weighted by atomic mass is 10.1. The quantitative estimate of drug-likeness (QED) is 0.605. The second-order valence-corrected chi connectivity index (χ2v) is 7.50. The van der Waals surface area contributed by atoms with E-state index in [0.717, 1.165) is 28.8 Å². The first kappa shape index (κ1) is 20.1. The van der Waals surface area contributed by atoms with E-state index in [1.807, 2.05) is 45.0 Å². The molecule has 1 saturated heterocycles. The number of carbonyl (C=O) groups excluding carboxylic acids is 1. The summed E-state index contributed by atoms with van der Waals surface area (Å²) < 4.78 is 11.4. The number of nitrogens with one attached hydrogen (secondary N) is 1. The molecule has 1 atom stereocenters. The van der Waals surface area contributed by atoms with Gasteiger partial charge in [-0.15, -0.1) is 0 Å². The van der Waals surface area contributed by atoms with Crippen molar-refractivity contribution in [1.82, 2.24) is 9.97 Å². The highest BCUT2D eigenvalue weighted by atomic mass is 16.5. The van der Waals surface area contributed by atoms with Crippen molar-refractivity contribution in [3.05, 3.63) is 53.9 Å². The molecule has 1 fully saturated rings. The second kappa shape index (κ2) is 8.67. The van der Waals surface area contributed by atoms with Crippen molar-refractivity contribution in [3.8, 4) is 11.3 Å². The Bertz CT molecular complexity index is 1050. The number of nitrogens with zero attached hydrogens (tertiary/aromatic N) is 3. The standard InChI is InChI=1S/C23H26N4O3/c1-4-29-14-17-7-5-15(2)19(11-17)26-23-25-13-20(30-23)18-9-10-24-21(12-18)27-16(3)6-8-22(27)28/h5,7,9-13,16H,4,6,8,14H2,1-3H3,(H,25,26). The van der Waals surface area contributed by atoms with Crippen LogP contribution < -0.4 is 10.2 Å². The van der Waals surface area contributed by atoms with Gasteiger partial charge in [-0.05, 0) is 56.5 Å². The van der Waals surface area contributed by atoms with Crippen LogP contribution in [-0.2, 0) is 16.1 Å². The van der Waals surface area contributed by atoms with Crippen molar-refractivity contribution >= 4 is 23.4 Å². The van der Waals surface area contributed by atoms with Gasteiger partial charge in [-0.3, -0.25) is 9.69 Å². The summed E-state index contributed by atoms with van der Waals surface area (Å²) in [7, 11) is 0. The average molecular weight is 406 g/mol.